The van der Waals surface area contributed by atoms with Crippen LogP contribution in [-0.2, 0) is 0 Å². The molecule has 2 nitrogen and oxygen atoms in total. The van der Waals surface area contributed by atoms with Crippen LogP contribution >= 0.6 is 22.9 Å². The Hall–Kier alpha value is -0.540. The summed E-state index contributed by atoms with van der Waals surface area (Å²) in [5, 5.41) is 8.01. The van der Waals surface area contributed by atoms with Crippen molar-refractivity contribution in [3.8, 4) is 0 Å². The second-order valence-corrected chi connectivity index (χ2v) is 3.79. The summed E-state index contributed by atoms with van der Waals surface area (Å²) in [5.74, 6) is 0. The second kappa shape index (κ2) is 3.07. The molecule has 1 unspecified atom stereocenters. The zero-order valence-corrected chi connectivity index (χ0v) is 8.25. The van der Waals surface area contributed by atoms with Gasteiger partial charge in [-0.2, -0.15) is 0 Å². The van der Waals surface area contributed by atoms with E-state index in [1.165, 1.54) is 0 Å². The first-order valence-corrected chi connectivity index (χ1v) is 5.19. The average molecular weight is 201 g/mol. The van der Waals surface area contributed by atoms with E-state index in [-0.39, 0.29) is 6.17 Å². The number of halogens is 1. The molecule has 1 aliphatic heterocycles. The van der Waals surface area contributed by atoms with E-state index in [9.17, 15) is 0 Å². The molecular formula is C8H9ClN2S. The summed E-state index contributed by atoms with van der Waals surface area (Å²) in [7, 11) is 0. The van der Waals surface area contributed by atoms with Crippen LogP contribution < -0.4 is 5.32 Å². The number of anilines is 1. The van der Waals surface area contributed by atoms with Gasteiger partial charge in [0.05, 0.1) is 5.69 Å². The number of fused-ring (bicyclic) bond motifs is 1. The largest absolute Gasteiger partial charge is 0.363 e. The number of hydrogen-bond donors (Lipinski definition) is 1. The van der Waals surface area contributed by atoms with Crippen LogP contribution in [0.4, 0.5) is 5.69 Å². The zero-order chi connectivity index (χ0) is 8.55. The third kappa shape index (κ3) is 1.23. The fourth-order valence-corrected chi connectivity index (χ4v) is 2.29. The molecule has 1 aromatic rings. The molecule has 4 heteroatoms. The van der Waals surface area contributed by atoms with Gasteiger partial charge in [-0.25, -0.2) is 4.99 Å². The van der Waals surface area contributed by atoms with Crippen LogP contribution in [0, 0.1) is 0 Å². The maximum atomic E-state index is 5.98. The molecule has 2 rings (SSSR count). The van der Waals surface area contributed by atoms with E-state index in [2.05, 4.69) is 22.6 Å². The van der Waals surface area contributed by atoms with Crippen molar-refractivity contribution in [2.24, 2.45) is 4.99 Å². The summed E-state index contributed by atoms with van der Waals surface area (Å²) in [6.45, 7) is 2.09. The van der Waals surface area contributed by atoms with Gasteiger partial charge < -0.3 is 5.32 Å². The summed E-state index contributed by atoms with van der Waals surface area (Å²) in [6.07, 6.45) is 1.12. The lowest BCUT2D eigenvalue weighted by Crippen LogP contribution is -2.21. The number of thiophene rings is 1. The van der Waals surface area contributed by atoms with Crippen molar-refractivity contribution in [3.05, 3.63) is 16.3 Å². The number of nitrogens with one attached hydrogen (secondary N) is 1. The fourth-order valence-electron chi connectivity index (χ4n) is 1.18. The summed E-state index contributed by atoms with van der Waals surface area (Å²) in [6, 6.07) is 0. The molecule has 0 saturated heterocycles. The molecule has 64 valence electrons. The van der Waals surface area contributed by atoms with Gasteiger partial charge in [0.25, 0.3) is 0 Å². The van der Waals surface area contributed by atoms with Crippen LogP contribution in [0.5, 0.6) is 0 Å². The fraction of sp³-hybridized carbons (Fsp3) is 0.375. The van der Waals surface area contributed by atoms with Gasteiger partial charge in [0, 0.05) is 16.3 Å². The molecule has 12 heavy (non-hydrogen) atoms. The van der Waals surface area contributed by atoms with Crippen LogP contribution in [0.3, 0.4) is 0 Å². The molecule has 0 fully saturated rings. The topological polar surface area (TPSA) is 24.4 Å². The van der Waals surface area contributed by atoms with Crippen molar-refractivity contribution < 1.29 is 0 Å². The van der Waals surface area contributed by atoms with E-state index in [0.29, 0.717) is 5.17 Å². The number of rotatable bonds is 1. The van der Waals surface area contributed by atoms with Crippen molar-refractivity contribution in [2.45, 2.75) is 19.5 Å². The molecule has 1 aliphatic rings. The first-order chi connectivity index (χ1) is 5.81. The average Bonchev–Trinajstić information content (AvgIpc) is 2.52. The highest BCUT2D eigenvalue weighted by Crippen LogP contribution is 2.28. The Morgan fingerprint density at radius 2 is 2.50 bits per heavy atom. The summed E-state index contributed by atoms with van der Waals surface area (Å²) in [5.41, 5.74) is 2.15. The Kier molecular flexibility index (Phi) is 2.07. The quantitative estimate of drug-likeness (QED) is 0.741. The molecule has 0 amide bonds. The van der Waals surface area contributed by atoms with Crippen molar-refractivity contribution >= 4 is 33.8 Å². The van der Waals surface area contributed by atoms with Gasteiger partial charge >= 0.3 is 0 Å². The Morgan fingerprint density at radius 1 is 1.67 bits per heavy atom. The minimum atomic E-state index is 0.152. The molecule has 1 aromatic heterocycles. The predicted octanol–water partition coefficient (Wildman–Crippen LogP) is 2.90. The van der Waals surface area contributed by atoms with Crippen LogP contribution in [0.2, 0.25) is 0 Å². The van der Waals surface area contributed by atoms with E-state index >= 15 is 0 Å². The van der Waals surface area contributed by atoms with E-state index in [1.54, 1.807) is 11.3 Å². The molecule has 0 bridgehead atoms. The zero-order valence-electron chi connectivity index (χ0n) is 6.67. The lowest BCUT2D eigenvalue weighted by molar-refractivity contribution is 0.729. The van der Waals surface area contributed by atoms with Gasteiger partial charge in [0.1, 0.15) is 11.3 Å². The smallest absolute Gasteiger partial charge is 0.136 e. The lowest BCUT2D eigenvalue weighted by atomic mass is 10.2. The highest BCUT2D eigenvalue weighted by Gasteiger charge is 2.17. The molecule has 2 heterocycles. The number of aliphatic imine (C=N–C) groups is 1. The van der Waals surface area contributed by atoms with E-state index in [1.807, 2.05) is 5.38 Å². The van der Waals surface area contributed by atoms with Crippen LogP contribution in [0.25, 0.3) is 0 Å². The highest BCUT2D eigenvalue weighted by molar-refractivity contribution is 7.09. The van der Waals surface area contributed by atoms with Gasteiger partial charge in [0.2, 0.25) is 0 Å². The molecule has 0 spiro atoms. The van der Waals surface area contributed by atoms with Crippen molar-refractivity contribution in [1.29, 1.82) is 0 Å². The molecule has 0 saturated carbocycles. The number of nitrogens with zero attached hydrogens (tertiary/aromatic N) is 1. The van der Waals surface area contributed by atoms with E-state index in [4.69, 9.17) is 11.6 Å². The monoisotopic (exact) mass is 200 g/mol. The molecule has 0 aromatic carbocycles. The highest BCUT2D eigenvalue weighted by atomic mass is 35.5. The van der Waals surface area contributed by atoms with Crippen LogP contribution in [-0.4, -0.2) is 11.3 Å². The molecule has 0 radical (unpaired) electrons. The molecular weight excluding hydrogens is 192 g/mol. The van der Waals surface area contributed by atoms with Crippen LogP contribution in [0.15, 0.2) is 15.8 Å². The standard InChI is InChI=1S/C8H9ClN2S/c1-2-7-10-6-4-12-3-5(6)8(9)11-7/h3-4,7,10H,2H2,1H3. The Balaban J connectivity index is 2.38. The third-order valence-corrected chi connectivity index (χ3v) is 2.91. The molecule has 1 atom stereocenters. The van der Waals surface area contributed by atoms with Gasteiger partial charge in [-0.15, -0.1) is 11.3 Å². The van der Waals surface area contributed by atoms with Crippen molar-refractivity contribution in [2.75, 3.05) is 5.32 Å². The van der Waals surface area contributed by atoms with Gasteiger partial charge in [-0.1, -0.05) is 18.5 Å². The lowest BCUT2D eigenvalue weighted by Gasteiger charge is -2.19. The maximum Gasteiger partial charge on any atom is 0.136 e. The summed E-state index contributed by atoms with van der Waals surface area (Å²) >= 11 is 7.62. The summed E-state index contributed by atoms with van der Waals surface area (Å²) < 4.78 is 0. The minimum absolute atomic E-state index is 0.152. The second-order valence-electron chi connectivity index (χ2n) is 2.69. The van der Waals surface area contributed by atoms with Gasteiger partial charge in [-0.3, -0.25) is 0 Å². The van der Waals surface area contributed by atoms with Gasteiger partial charge in [0.15, 0.2) is 0 Å². The first-order valence-electron chi connectivity index (χ1n) is 3.87. The SMILES string of the molecule is CCC1N=C(Cl)c2cscc2N1. The van der Waals surface area contributed by atoms with Gasteiger partial charge in [-0.05, 0) is 6.42 Å². The maximum absolute atomic E-state index is 5.98. The van der Waals surface area contributed by atoms with Crippen LogP contribution in [0.1, 0.15) is 18.9 Å². The predicted molar refractivity (Wildman–Crippen MR) is 54.4 cm³/mol. The third-order valence-electron chi connectivity index (χ3n) is 1.86. The Bertz CT molecular complexity index is 319. The Morgan fingerprint density at radius 3 is 3.25 bits per heavy atom. The Labute approximate surface area is 80.3 Å². The van der Waals surface area contributed by atoms with E-state index in [0.717, 1.165) is 17.7 Å². The first kappa shape index (κ1) is 8.08. The van der Waals surface area contributed by atoms with Crippen molar-refractivity contribution in [1.82, 2.24) is 0 Å². The normalized spacial score (nSPS) is 21.2. The molecule has 0 aliphatic carbocycles. The minimum Gasteiger partial charge on any atom is -0.363 e. The molecule has 1 N–H and O–H groups in total. The number of hydrogen-bond acceptors (Lipinski definition) is 3. The summed E-state index contributed by atoms with van der Waals surface area (Å²) in [4.78, 5) is 4.29. The van der Waals surface area contributed by atoms with E-state index < -0.39 is 0 Å². The van der Waals surface area contributed by atoms with Crippen molar-refractivity contribution in [3.63, 3.8) is 0 Å².